The minimum atomic E-state index is -1.05. The molecule has 4 atom stereocenters. The van der Waals surface area contributed by atoms with Gasteiger partial charge < -0.3 is 24.8 Å². The number of aliphatic hydroxyl groups is 3. The van der Waals surface area contributed by atoms with Gasteiger partial charge in [-0.3, -0.25) is 0 Å². The van der Waals surface area contributed by atoms with Gasteiger partial charge in [-0.15, -0.1) is 0 Å². The second-order valence-electron chi connectivity index (χ2n) is 7.54. The molecule has 156 valence electrons. The molecule has 1 saturated heterocycles. The van der Waals surface area contributed by atoms with Crippen molar-refractivity contribution in [3.8, 4) is 16.9 Å². The summed E-state index contributed by atoms with van der Waals surface area (Å²) in [4.78, 5) is 0. The summed E-state index contributed by atoms with van der Waals surface area (Å²) in [7, 11) is 0. The molecule has 0 spiro atoms. The van der Waals surface area contributed by atoms with Gasteiger partial charge in [0.2, 0.25) is 0 Å². The van der Waals surface area contributed by atoms with Crippen LogP contribution in [0.2, 0.25) is 0 Å². The Morgan fingerprint density at radius 1 is 0.900 bits per heavy atom. The molecule has 0 saturated carbocycles. The first-order chi connectivity index (χ1) is 14.7. The molecule has 3 N–H and O–H groups in total. The maximum atomic E-state index is 10.4. The monoisotopic (exact) mass is 406 g/mol. The maximum absolute atomic E-state index is 10.4. The lowest BCUT2D eigenvalue weighted by molar-refractivity contribution is -0.179. The Bertz CT molecular complexity index is 959. The summed E-state index contributed by atoms with van der Waals surface area (Å²) in [5.41, 5.74) is 4.02. The third-order valence-electron chi connectivity index (χ3n) is 5.43. The fraction of sp³-hybridized carbons (Fsp3) is 0.280. The van der Waals surface area contributed by atoms with Gasteiger partial charge in [0, 0.05) is 6.42 Å². The van der Waals surface area contributed by atoms with E-state index in [0.717, 1.165) is 16.7 Å². The lowest BCUT2D eigenvalue weighted by atomic mass is 9.93. The summed E-state index contributed by atoms with van der Waals surface area (Å²) in [5, 5.41) is 29.9. The number of ether oxygens (including phenoxy) is 2. The zero-order valence-corrected chi connectivity index (χ0v) is 16.6. The summed E-state index contributed by atoms with van der Waals surface area (Å²) in [5.74, 6) is 0.645. The second-order valence-corrected chi connectivity index (χ2v) is 7.54. The average molecular weight is 406 g/mol. The molecule has 0 radical (unpaired) electrons. The van der Waals surface area contributed by atoms with E-state index >= 15 is 0 Å². The summed E-state index contributed by atoms with van der Waals surface area (Å²) in [6.07, 6.45) is -3.01. The van der Waals surface area contributed by atoms with Gasteiger partial charge in [-0.2, -0.15) is 0 Å². The molecule has 4 rings (SSSR count). The molecule has 30 heavy (non-hydrogen) atoms. The standard InChI is InChI=1S/C25H26O5/c26-15-21-14-23(27)24(28)25(30-21)18-10-6-11-20(13-18)29-16-19-9-4-5-12-22(19)17-7-2-1-3-8-17/h1-13,21,23-28H,14-16H2/t21-,23-,24-,25?/m0/s1. The molecule has 0 aromatic heterocycles. The van der Waals surface area contributed by atoms with Crippen molar-refractivity contribution in [3.05, 3.63) is 90.0 Å². The van der Waals surface area contributed by atoms with Gasteiger partial charge in [-0.05, 0) is 34.4 Å². The van der Waals surface area contributed by atoms with Crippen molar-refractivity contribution in [2.45, 2.75) is 37.4 Å². The van der Waals surface area contributed by atoms with E-state index in [0.29, 0.717) is 17.9 Å². The smallest absolute Gasteiger partial charge is 0.120 e. The Morgan fingerprint density at radius 2 is 1.67 bits per heavy atom. The largest absolute Gasteiger partial charge is 0.489 e. The van der Waals surface area contributed by atoms with E-state index in [1.54, 1.807) is 0 Å². The number of hydrogen-bond donors (Lipinski definition) is 3. The number of benzene rings is 3. The van der Waals surface area contributed by atoms with E-state index in [9.17, 15) is 15.3 Å². The molecule has 3 aromatic carbocycles. The van der Waals surface area contributed by atoms with Crippen molar-refractivity contribution >= 4 is 0 Å². The predicted molar refractivity (Wildman–Crippen MR) is 114 cm³/mol. The van der Waals surface area contributed by atoms with E-state index in [1.165, 1.54) is 0 Å². The van der Waals surface area contributed by atoms with Gasteiger partial charge in [0.25, 0.3) is 0 Å². The van der Waals surface area contributed by atoms with Crippen LogP contribution in [-0.2, 0) is 11.3 Å². The van der Waals surface area contributed by atoms with Crippen molar-refractivity contribution < 1.29 is 24.8 Å². The quantitative estimate of drug-likeness (QED) is 0.584. The molecule has 1 aliphatic rings. The van der Waals surface area contributed by atoms with Crippen LogP contribution >= 0.6 is 0 Å². The van der Waals surface area contributed by atoms with Crippen molar-refractivity contribution in [3.63, 3.8) is 0 Å². The van der Waals surface area contributed by atoms with Crippen LogP contribution in [-0.4, -0.2) is 40.2 Å². The number of hydrogen-bond acceptors (Lipinski definition) is 5. The molecular weight excluding hydrogens is 380 g/mol. The summed E-state index contributed by atoms with van der Waals surface area (Å²) >= 11 is 0. The van der Waals surface area contributed by atoms with Gasteiger partial charge in [-0.1, -0.05) is 66.7 Å². The zero-order valence-electron chi connectivity index (χ0n) is 16.6. The average Bonchev–Trinajstić information content (AvgIpc) is 2.80. The molecule has 1 unspecified atom stereocenters. The lowest BCUT2D eigenvalue weighted by Gasteiger charge is -2.36. The van der Waals surface area contributed by atoms with Crippen LogP contribution in [0.15, 0.2) is 78.9 Å². The van der Waals surface area contributed by atoms with E-state index in [2.05, 4.69) is 18.2 Å². The summed E-state index contributed by atoms with van der Waals surface area (Å²) in [6, 6.07) is 25.6. The van der Waals surface area contributed by atoms with E-state index in [4.69, 9.17) is 9.47 Å². The third-order valence-corrected chi connectivity index (χ3v) is 5.43. The van der Waals surface area contributed by atoms with Crippen LogP contribution in [0.3, 0.4) is 0 Å². The van der Waals surface area contributed by atoms with Crippen LogP contribution in [0.4, 0.5) is 0 Å². The second kappa shape index (κ2) is 9.41. The maximum Gasteiger partial charge on any atom is 0.120 e. The summed E-state index contributed by atoms with van der Waals surface area (Å²) < 4.78 is 11.8. The minimum absolute atomic E-state index is 0.202. The molecule has 0 amide bonds. The normalized spacial score (nSPS) is 23.8. The minimum Gasteiger partial charge on any atom is -0.489 e. The van der Waals surface area contributed by atoms with Crippen molar-refractivity contribution in [1.82, 2.24) is 0 Å². The first-order valence-corrected chi connectivity index (χ1v) is 10.1. The van der Waals surface area contributed by atoms with Crippen molar-refractivity contribution in [1.29, 1.82) is 0 Å². The van der Waals surface area contributed by atoms with Crippen LogP contribution < -0.4 is 4.74 Å². The molecule has 1 heterocycles. The van der Waals surface area contributed by atoms with Crippen LogP contribution in [0.5, 0.6) is 5.75 Å². The van der Waals surface area contributed by atoms with Crippen LogP contribution in [0.1, 0.15) is 23.7 Å². The Kier molecular flexibility index (Phi) is 6.45. The predicted octanol–water partition coefficient (Wildman–Crippen LogP) is 3.48. The molecule has 1 fully saturated rings. The molecular formula is C25H26O5. The van der Waals surface area contributed by atoms with Gasteiger partial charge in [0.1, 0.15) is 24.6 Å². The van der Waals surface area contributed by atoms with Gasteiger partial charge in [-0.25, -0.2) is 0 Å². The number of aliphatic hydroxyl groups excluding tert-OH is 3. The Hall–Kier alpha value is -2.70. The van der Waals surface area contributed by atoms with E-state index in [1.807, 2.05) is 60.7 Å². The Balaban J connectivity index is 1.51. The topological polar surface area (TPSA) is 79.2 Å². The summed E-state index contributed by atoms with van der Waals surface area (Å²) in [6.45, 7) is 0.192. The molecule has 1 aliphatic heterocycles. The van der Waals surface area contributed by atoms with Gasteiger partial charge in [0.05, 0.1) is 18.8 Å². The number of rotatable bonds is 6. The highest BCUT2D eigenvalue weighted by atomic mass is 16.5. The third kappa shape index (κ3) is 4.55. The van der Waals surface area contributed by atoms with E-state index < -0.39 is 24.4 Å². The molecule has 5 nitrogen and oxygen atoms in total. The molecule has 0 aliphatic carbocycles. The van der Waals surface area contributed by atoms with Crippen LogP contribution in [0.25, 0.3) is 11.1 Å². The highest BCUT2D eigenvalue weighted by Crippen LogP contribution is 2.33. The molecule has 5 heteroatoms. The van der Waals surface area contributed by atoms with Crippen molar-refractivity contribution in [2.24, 2.45) is 0 Å². The van der Waals surface area contributed by atoms with Gasteiger partial charge in [0.15, 0.2) is 0 Å². The fourth-order valence-electron chi connectivity index (χ4n) is 3.84. The SMILES string of the molecule is OC[C@@H]1C[C@H](O)[C@H](O)C(c2cccc(OCc3ccccc3-c3ccccc3)c2)O1. The Labute approximate surface area is 176 Å². The highest BCUT2D eigenvalue weighted by Gasteiger charge is 2.37. The highest BCUT2D eigenvalue weighted by molar-refractivity contribution is 5.67. The Morgan fingerprint density at radius 3 is 2.47 bits per heavy atom. The van der Waals surface area contributed by atoms with Gasteiger partial charge >= 0.3 is 0 Å². The fourth-order valence-corrected chi connectivity index (χ4v) is 3.84. The zero-order chi connectivity index (χ0) is 20.9. The van der Waals surface area contributed by atoms with Crippen LogP contribution in [0, 0.1) is 0 Å². The molecule has 3 aromatic rings. The van der Waals surface area contributed by atoms with E-state index in [-0.39, 0.29) is 13.0 Å². The lowest BCUT2D eigenvalue weighted by Crippen LogP contribution is -2.44. The molecule has 0 bridgehead atoms. The first kappa shape index (κ1) is 20.6. The first-order valence-electron chi connectivity index (χ1n) is 10.1. The van der Waals surface area contributed by atoms with Crippen molar-refractivity contribution in [2.75, 3.05) is 6.61 Å².